The molecule has 0 unspecified atom stereocenters. The van der Waals surface area contributed by atoms with Crippen molar-refractivity contribution in [1.82, 2.24) is 0 Å². The number of carbonyl (C=O) groups is 1. The molecular weight excluding hydrogens is 288 g/mol. The van der Waals surface area contributed by atoms with Crippen molar-refractivity contribution in [2.75, 3.05) is 16.8 Å². The van der Waals surface area contributed by atoms with E-state index in [1.165, 1.54) is 11.8 Å². The minimum Gasteiger partial charge on any atom is -0.399 e. The molecule has 6 heteroatoms. The Morgan fingerprint density at radius 2 is 2.28 bits per heavy atom. The lowest BCUT2D eigenvalue weighted by atomic mass is 10.3. The number of thioether (sulfide) groups is 1. The topological polar surface area (TPSA) is 55.1 Å². The second kappa shape index (κ2) is 6.13. The normalized spacial score (nSPS) is 10.3. The monoisotopic (exact) mass is 298 g/mol. The van der Waals surface area contributed by atoms with Crippen molar-refractivity contribution in [3.05, 3.63) is 40.7 Å². The zero-order chi connectivity index (χ0) is 13.0. The highest BCUT2D eigenvalue weighted by Crippen LogP contribution is 2.26. The summed E-state index contributed by atoms with van der Waals surface area (Å²) in [6.07, 6.45) is 0. The van der Waals surface area contributed by atoms with E-state index >= 15 is 0 Å². The van der Waals surface area contributed by atoms with Gasteiger partial charge in [-0.2, -0.15) is 0 Å². The number of carbonyl (C=O) groups excluding carboxylic acids is 1. The molecule has 0 aliphatic rings. The first kappa shape index (κ1) is 13.3. The molecule has 0 saturated heterocycles. The highest BCUT2D eigenvalue weighted by atomic mass is 35.5. The average Bonchev–Trinajstić information content (AvgIpc) is 2.84. The van der Waals surface area contributed by atoms with E-state index in [4.69, 9.17) is 17.3 Å². The molecule has 3 nitrogen and oxygen atoms in total. The molecule has 2 aromatic rings. The molecule has 1 amide bonds. The number of hydrogen-bond acceptors (Lipinski definition) is 4. The first-order valence-electron chi connectivity index (χ1n) is 5.16. The summed E-state index contributed by atoms with van der Waals surface area (Å²) in [4.78, 5) is 11.7. The molecule has 0 spiro atoms. The van der Waals surface area contributed by atoms with E-state index < -0.39 is 0 Å². The highest BCUT2D eigenvalue weighted by molar-refractivity contribution is 8.01. The van der Waals surface area contributed by atoms with Crippen LogP contribution in [0.25, 0.3) is 0 Å². The fraction of sp³-hybridized carbons (Fsp3) is 0.0833. The Kier molecular flexibility index (Phi) is 4.52. The largest absolute Gasteiger partial charge is 0.399 e. The lowest BCUT2D eigenvalue weighted by Crippen LogP contribution is -2.14. The van der Waals surface area contributed by atoms with Crippen LogP contribution in [0.3, 0.4) is 0 Å². The molecule has 0 fully saturated rings. The molecule has 0 radical (unpaired) electrons. The lowest BCUT2D eigenvalue weighted by Gasteiger charge is -2.07. The number of halogens is 1. The van der Waals surface area contributed by atoms with Gasteiger partial charge in [0, 0.05) is 5.69 Å². The van der Waals surface area contributed by atoms with E-state index in [1.54, 1.807) is 29.5 Å². The Morgan fingerprint density at radius 1 is 1.44 bits per heavy atom. The zero-order valence-electron chi connectivity index (χ0n) is 9.35. The van der Waals surface area contributed by atoms with Gasteiger partial charge in [0.05, 0.1) is 20.7 Å². The van der Waals surface area contributed by atoms with Gasteiger partial charge in [0.15, 0.2) is 0 Å². The van der Waals surface area contributed by atoms with E-state index in [9.17, 15) is 4.79 Å². The zero-order valence-corrected chi connectivity index (χ0v) is 11.7. The smallest absolute Gasteiger partial charge is 0.234 e. The third kappa shape index (κ3) is 3.66. The summed E-state index contributed by atoms with van der Waals surface area (Å²) in [5.74, 6) is 0.256. The quantitative estimate of drug-likeness (QED) is 0.668. The van der Waals surface area contributed by atoms with Gasteiger partial charge in [0.25, 0.3) is 0 Å². The minimum absolute atomic E-state index is 0.0964. The minimum atomic E-state index is -0.0964. The van der Waals surface area contributed by atoms with Crippen molar-refractivity contribution in [3.8, 4) is 0 Å². The maximum atomic E-state index is 11.7. The van der Waals surface area contributed by atoms with Gasteiger partial charge >= 0.3 is 0 Å². The van der Waals surface area contributed by atoms with Gasteiger partial charge in [-0.1, -0.05) is 17.7 Å². The van der Waals surface area contributed by atoms with Gasteiger partial charge < -0.3 is 11.1 Å². The molecule has 94 valence electrons. The molecule has 0 atom stereocenters. The van der Waals surface area contributed by atoms with Crippen LogP contribution in [-0.4, -0.2) is 11.7 Å². The number of nitrogens with two attached hydrogens (primary N) is 1. The van der Waals surface area contributed by atoms with Crippen LogP contribution >= 0.6 is 34.7 Å². The third-order valence-corrected chi connectivity index (χ3v) is 4.57. The van der Waals surface area contributed by atoms with Crippen molar-refractivity contribution in [1.29, 1.82) is 0 Å². The number of thiophene rings is 1. The van der Waals surface area contributed by atoms with Crippen LogP contribution in [0.4, 0.5) is 11.4 Å². The van der Waals surface area contributed by atoms with Crippen LogP contribution in [0.15, 0.2) is 39.9 Å². The summed E-state index contributed by atoms with van der Waals surface area (Å²) in [6, 6.07) is 8.95. The van der Waals surface area contributed by atoms with Crippen molar-refractivity contribution < 1.29 is 4.79 Å². The molecule has 3 N–H and O–H groups in total. The van der Waals surface area contributed by atoms with E-state index in [0.29, 0.717) is 22.2 Å². The van der Waals surface area contributed by atoms with Crippen LogP contribution in [0.1, 0.15) is 0 Å². The summed E-state index contributed by atoms with van der Waals surface area (Å²) in [5, 5.41) is 5.21. The predicted molar refractivity (Wildman–Crippen MR) is 79.5 cm³/mol. The van der Waals surface area contributed by atoms with Crippen LogP contribution < -0.4 is 11.1 Å². The summed E-state index contributed by atoms with van der Waals surface area (Å²) >= 11 is 9.08. The molecule has 1 aromatic heterocycles. The van der Waals surface area contributed by atoms with Gasteiger partial charge in [-0.25, -0.2) is 0 Å². The van der Waals surface area contributed by atoms with E-state index in [2.05, 4.69) is 5.32 Å². The summed E-state index contributed by atoms with van der Waals surface area (Å²) in [5.41, 5.74) is 6.76. The molecule has 0 aliphatic heterocycles. The van der Waals surface area contributed by atoms with Crippen LogP contribution in [-0.2, 0) is 4.79 Å². The molecule has 2 rings (SSSR count). The van der Waals surface area contributed by atoms with Crippen molar-refractivity contribution in [2.45, 2.75) is 4.21 Å². The number of nitrogen functional groups attached to an aromatic ring is 1. The number of nitrogens with one attached hydrogen (secondary N) is 1. The summed E-state index contributed by atoms with van der Waals surface area (Å²) in [7, 11) is 0. The van der Waals surface area contributed by atoms with E-state index in [1.807, 2.05) is 17.5 Å². The van der Waals surface area contributed by atoms with Crippen molar-refractivity contribution in [2.24, 2.45) is 0 Å². The lowest BCUT2D eigenvalue weighted by molar-refractivity contribution is -0.113. The Bertz CT molecular complexity index is 543. The van der Waals surface area contributed by atoms with Gasteiger partial charge in [-0.3, -0.25) is 4.79 Å². The number of amides is 1. The van der Waals surface area contributed by atoms with Crippen molar-refractivity contribution >= 4 is 52.0 Å². The molecular formula is C12H11ClN2OS2. The second-order valence-electron chi connectivity index (χ2n) is 3.51. The van der Waals surface area contributed by atoms with Crippen LogP contribution in [0.2, 0.25) is 5.02 Å². The molecule has 1 heterocycles. The number of rotatable bonds is 4. The molecule has 1 aromatic carbocycles. The predicted octanol–water partition coefficient (Wildman–Crippen LogP) is 3.71. The van der Waals surface area contributed by atoms with E-state index in [0.717, 1.165) is 4.21 Å². The first-order valence-corrected chi connectivity index (χ1v) is 7.40. The Morgan fingerprint density at radius 3 is 3.00 bits per heavy atom. The first-order chi connectivity index (χ1) is 8.65. The Labute approximate surface area is 118 Å². The molecule has 0 bridgehead atoms. The number of hydrogen-bond donors (Lipinski definition) is 2. The SMILES string of the molecule is Nc1ccc(Cl)c(NC(=O)CSc2cccs2)c1. The fourth-order valence-electron chi connectivity index (χ4n) is 1.31. The Balaban J connectivity index is 1.92. The summed E-state index contributed by atoms with van der Waals surface area (Å²) in [6.45, 7) is 0. The highest BCUT2D eigenvalue weighted by Gasteiger charge is 2.07. The third-order valence-electron chi connectivity index (χ3n) is 2.11. The fourth-order valence-corrected chi connectivity index (χ4v) is 3.06. The second-order valence-corrected chi connectivity index (χ2v) is 6.14. The molecule has 0 saturated carbocycles. The summed E-state index contributed by atoms with van der Waals surface area (Å²) < 4.78 is 1.11. The standard InChI is InChI=1S/C12H11ClN2OS2/c13-9-4-3-8(14)6-10(9)15-11(16)7-18-12-2-1-5-17-12/h1-6H,7,14H2,(H,15,16). The van der Waals surface area contributed by atoms with E-state index in [-0.39, 0.29) is 5.91 Å². The maximum absolute atomic E-state index is 11.7. The van der Waals surface area contributed by atoms with Gasteiger partial charge in [0.1, 0.15) is 0 Å². The van der Waals surface area contributed by atoms with Gasteiger partial charge in [-0.05, 0) is 29.6 Å². The van der Waals surface area contributed by atoms with Crippen LogP contribution in [0, 0.1) is 0 Å². The van der Waals surface area contributed by atoms with Crippen LogP contribution in [0.5, 0.6) is 0 Å². The molecule has 18 heavy (non-hydrogen) atoms. The van der Waals surface area contributed by atoms with Gasteiger partial charge in [0.2, 0.25) is 5.91 Å². The molecule has 0 aliphatic carbocycles. The number of anilines is 2. The number of benzene rings is 1. The maximum Gasteiger partial charge on any atom is 0.234 e. The average molecular weight is 299 g/mol. The van der Waals surface area contributed by atoms with Gasteiger partial charge in [-0.15, -0.1) is 23.1 Å². The van der Waals surface area contributed by atoms with Crippen molar-refractivity contribution in [3.63, 3.8) is 0 Å². The Hall–Kier alpha value is -1.17.